The number of rotatable bonds is 11. The first kappa shape index (κ1) is 25.4. The number of aliphatic carboxylic acids is 1. The lowest BCUT2D eigenvalue weighted by Gasteiger charge is -2.12. The number of benzene rings is 2. The zero-order valence-corrected chi connectivity index (χ0v) is 21.2. The van der Waals surface area contributed by atoms with Crippen molar-refractivity contribution < 1.29 is 32.9 Å². The van der Waals surface area contributed by atoms with Crippen LogP contribution in [0.15, 0.2) is 87.9 Å². The SMILES string of the molecule is COc1cc(COc2cc(/C=C/C(=O)O)n(-c3ccccc3)n2)ccc1OCc1nc(-c2ccco2)oc1C. The first-order chi connectivity index (χ1) is 19.0. The molecule has 5 aromatic rings. The van der Waals surface area contributed by atoms with Crippen molar-refractivity contribution >= 4 is 12.0 Å². The first-order valence-corrected chi connectivity index (χ1v) is 12.0. The van der Waals surface area contributed by atoms with E-state index >= 15 is 0 Å². The van der Waals surface area contributed by atoms with Crippen LogP contribution in [0.4, 0.5) is 0 Å². The van der Waals surface area contributed by atoms with Gasteiger partial charge in [0.15, 0.2) is 17.3 Å². The van der Waals surface area contributed by atoms with Crippen LogP contribution in [0.5, 0.6) is 17.4 Å². The van der Waals surface area contributed by atoms with Crippen LogP contribution in [0.1, 0.15) is 22.7 Å². The Kier molecular flexibility index (Phi) is 7.44. The Morgan fingerprint density at radius 3 is 2.62 bits per heavy atom. The number of hydrogen-bond donors (Lipinski definition) is 1. The third-order valence-corrected chi connectivity index (χ3v) is 5.72. The van der Waals surface area contributed by atoms with Crippen LogP contribution in [0.25, 0.3) is 23.4 Å². The maximum absolute atomic E-state index is 11.0. The third-order valence-electron chi connectivity index (χ3n) is 5.72. The van der Waals surface area contributed by atoms with Gasteiger partial charge < -0.3 is 28.2 Å². The molecule has 39 heavy (non-hydrogen) atoms. The van der Waals surface area contributed by atoms with Crippen molar-refractivity contribution in [2.45, 2.75) is 20.1 Å². The summed E-state index contributed by atoms with van der Waals surface area (Å²) < 4.78 is 30.1. The number of para-hydroxylation sites is 1. The third kappa shape index (κ3) is 6.02. The van der Waals surface area contributed by atoms with Crippen molar-refractivity contribution in [1.82, 2.24) is 14.8 Å². The highest BCUT2D eigenvalue weighted by molar-refractivity contribution is 5.85. The van der Waals surface area contributed by atoms with Gasteiger partial charge >= 0.3 is 5.97 Å². The van der Waals surface area contributed by atoms with Gasteiger partial charge in [-0.1, -0.05) is 24.3 Å². The molecule has 0 fully saturated rings. The second-order valence-corrected chi connectivity index (χ2v) is 8.39. The smallest absolute Gasteiger partial charge is 0.328 e. The predicted molar refractivity (Wildman–Crippen MR) is 141 cm³/mol. The number of carboxylic acid groups (broad SMARTS) is 1. The maximum Gasteiger partial charge on any atom is 0.328 e. The zero-order valence-electron chi connectivity index (χ0n) is 21.2. The minimum atomic E-state index is -1.05. The fourth-order valence-corrected chi connectivity index (χ4v) is 3.79. The standard InChI is InChI=1S/C29H25N3O7/c1-19-23(30-29(39-19)25-9-6-14-36-25)18-37-24-12-10-20(15-26(24)35-2)17-38-27-16-22(11-13-28(33)34)32(31-27)21-7-4-3-5-8-21/h3-16H,17-18H2,1-2H3,(H,33,34)/b13-11+. The van der Waals surface area contributed by atoms with Crippen LogP contribution in [0.3, 0.4) is 0 Å². The molecule has 0 spiro atoms. The molecule has 0 radical (unpaired) electrons. The van der Waals surface area contributed by atoms with Gasteiger partial charge in [0.1, 0.15) is 24.7 Å². The highest BCUT2D eigenvalue weighted by atomic mass is 16.5. The lowest BCUT2D eigenvalue weighted by molar-refractivity contribution is -0.131. The van der Waals surface area contributed by atoms with Gasteiger partial charge in [-0.15, -0.1) is 5.10 Å². The summed E-state index contributed by atoms with van der Waals surface area (Å²) in [5, 5.41) is 13.5. The van der Waals surface area contributed by atoms with Gasteiger partial charge in [0, 0.05) is 12.1 Å². The topological polar surface area (TPSA) is 122 Å². The quantitative estimate of drug-likeness (QED) is 0.216. The van der Waals surface area contributed by atoms with E-state index in [1.165, 1.54) is 6.08 Å². The molecule has 0 aliphatic rings. The van der Waals surface area contributed by atoms with E-state index in [1.54, 1.807) is 42.3 Å². The lowest BCUT2D eigenvalue weighted by atomic mass is 10.2. The minimum Gasteiger partial charge on any atom is -0.493 e. The van der Waals surface area contributed by atoms with Gasteiger partial charge in [-0.25, -0.2) is 14.5 Å². The molecule has 198 valence electrons. The fourth-order valence-electron chi connectivity index (χ4n) is 3.79. The largest absolute Gasteiger partial charge is 0.493 e. The Balaban J connectivity index is 1.27. The van der Waals surface area contributed by atoms with E-state index in [2.05, 4.69) is 10.1 Å². The van der Waals surface area contributed by atoms with Crippen LogP contribution in [0, 0.1) is 6.92 Å². The molecule has 0 unspecified atom stereocenters. The second kappa shape index (κ2) is 11.4. The van der Waals surface area contributed by atoms with Crippen molar-refractivity contribution in [3.63, 3.8) is 0 Å². The van der Waals surface area contributed by atoms with Gasteiger partial charge in [0.05, 0.1) is 24.8 Å². The summed E-state index contributed by atoms with van der Waals surface area (Å²) in [4.78, 5) is 15.5. The fraction of sp³-hybridized carbons (Fsp3) is 0.138. The van der Waals surface area contributed by atoms with E-state index in [0.29, 0.717) is 46.2 Å². The first-order valence-electron chi connectivity index (χ1n) is 12.0. The number of ether oxygens (including phenoxy) is 3. The molecule has 1 N–H and O–H groups in total. The summed E-state index contributed by atoms with van der Waals surface area (Å²) in [6.45, 7) is 2.21. The van der Waals surface area contributed by atoms with Crippen molar-refractivity contribution in [3.05, 3.63) is 102 Å². The zero-order chi connectivity index (χ0) is 27.2. The molecule has 3 aromatic heterocycles. The highest BCUT2D eigenvalue weighted by Crippen LogP contribution is 2.30. The molecule has 10 nitrogen and oxygen atoms in total. The normalized spacial score (nSPS) is 11.1. The van der Waals surface area contributed by atoms with Crippen LogP contribution < -0.4 is 14.2 Å². The molecule has 0 aliphatic carbocycles. The van der Waals surface area contributed by atoms with Gasteiger partial charge in [0.25, 0.3) is 5.89 Å². The van der Waals surface area contributed by atoms with Crippen molar-refractivity contribution in [2.75, 3.05) is 7.11 Å². The maximum atomic E-state index is 11.0. The number of aryl methyl sites for hydroxylation is 1. The Morgan fingerprint density at radius 1 is 1.03 bits per heavy atom. The Bertz CT molecular complexity index is 1580. The van der Waals surface area contributed by atoms with E-state index in [9.17, 15) is 4.79 Å². The summed E-state index contributed by atoms with van der Waals surface area (Å²) in [5.74, 6) is 1.94. The Labute approximate surface area is 223 Å². The van der Waals surface area contributed by atoms with Crippen LogP contribution in [-0.2, 0) is 18.0 Å². The number of carbonyl (C=O) groups is 1. The summed E-state index contributed by atoms with van der Waals surface area (Å²) in [6, 6.07) is 20.1. The van der Waals surface area contributed by atoms with E-state index in [1.807, 2.05) is 49.4 Å². The highest BCUT2D eigenvalue weighted by Gasteiger charge is 2.16. The summed E-state index contributed by atoms with van der Waals surface area (Å²) in [5.41, 5.74) is 2.82. The molecule has 0 aliphatic heterocycles. The minimum absolute atomic E-state index is 0.186. The molecule has 5 rings (SSSR count). The number of hydrogen-bond acceptors (Lipinski definition) is 8. The van der Waals surface area contributed by atoms with Crippen LogP contribution >= 0.6 is 0 Å². The summed E-state index contributed by atoms with van der Waals surface area (Å²) in [7, 11) is 1.56. The molecule has 0 atom stereocenters. The second-order valence-electron chi connectivity index (χ2n) is 8.39. The number of aromatic nitrogens is 3. The van der Waals surface area contributed by atoms with Gasteiger partial charge in [-0.05, 0) is 55.0 Å². The number of carboxylic acids is 1. The van der Waals surface area contributed by atoms with E-state index in [-0.39, 0.29) is 13.2 Å². The summed E-state index contributed by atoms with van der Waals surface area (Å²) >= 11 is 0. The van der Waals surface area contributed by atoms with Crippen molar-refractivity contribution in [2.24, 2.45) is 0 Å². The van der Waals surface area contributed by atoms with Crippen molar-refractivity contribution in [1.29, 1.82) is 0 Å². The molecule has 0 saturated carbocycles. The van der Waals surface area contributed by atoms with Gasteiger partial charge in [-0.3, -0.25) is 0 Å². The van der Waals surface area contributed by atoms with Crippen molar-refractivity contribution in [3.8, 4) is 34.7 Å². The molecule has 0 bridgehead atoms. The van der Waals surface area contributed by atoms with Gasteiger partial charge in [0.2, 0.25) is 5.88 Å². The number of furan rings is 1. The molecular weight excluding hydrogens is 502 g/mol. The summed E-state index contributed by atoms with van der Waals surface area (Å²) in [6.07, 6.45) is 4.09. The molecule has 0 saturated heterocycles. The Morgan fingerprint density at radius 2 is 1.87 bits per heavy atom. The lowest BCUT2D eigenvalue weighted by Crippen LogP contribution is -2.02. The molecule has 3 heterocycles. The van der Waals surface area contributed by atoms with E-state index < -0.39 is 5.97 Å². The number of methoxy groups -OCH3 is 1. The van der Waals surface area contributed by atoms with Gasteiger partial charge in [-0.2, -0.15) is 0 Å². The van der Waals surface area contributed by atoms with E-state index in [0.717, 1.165) is 17.3 Å². The molecular formula is C29H25N3O7. The van der Waals surface area contributed by atoms with E-state index in [4.69, 9.17) is 28.2 Å². The predicted octanol–water partition coefficient (Wildman–Crippen LogP) is 5.69. The average Bonchev–Trinajstić information content (AvgIpc) is 3.70. The average molecular weight is 528 g/mol. The molecule has 10 heteroatoms. The number of nitrogens with zero attached hydrogens (tertiary/aromatic N) is 3. The Hall–Kier alpha value is -5.25. The number of oxazole rings is 1. The molecule has 0 amide bonds. The molecule has 2 aromatic carbocycles. The monoisotopic (exact) mass is 527 g/mol. The van der Waals surface area contributed by atoms with Crippen LogP contribution in [-0.4, -0.2) is 33.0 Å². The van der Waals surface area contributed by atoms with Crippen LogP contribution in [0.2, 0.25) is 0 Å².